The third kappa shape index (κ3) is 5.68. The Bertz CT molecular complexity index is 1360. The van der Waals surface area contributed by atoms with Gasteiger partial charge >= 0.3 is 11.9 Å². The summed E-state index contributed by atoms with van der Waals surface area (Å²) in [5.74, 6) is -3.85. The second kappa shape index (κ2) is 9.11. The Kier molecular flexibility index (Phi) is 6.60. The molecule has 0 radical (unpaired) electrons. The molecule has 0 fully saturated rings. The SMILES string of the molecule is O=C(O)c1ccc(Oc2cc(Oc3ccc(C(=O)O)cc3)c(S(=O)(=O)O)cc2S(=O)(=O)O)cc1. The number of benzene rings is 3. The van der Waals surface area contributed by atoms with Gasteiger partial charge in [-0.05, 0) is 54.6 Å². The molecule has 0 bridgehead atoms. The maximum absolute atomic E-state index is 11.9. The van der Waals surface area contributed by atoms with Crippen molar-refractivity contribution >= 4 is 32.2 Å². The van der Waals surface area contributed by atoms with Crippen LogP contribution in [0.15, 0.2) is 70.5 Å². The van der Waals surface area contributed by atoms with E-state index < -0.39 is 53.5 Å². The summed E-state index contributed by atoms with van der Waals surface area (Å²) in [7, 11) is -10.2. The van der Waals surface area contributed by atoms with Crippen molar-refractivity contribution in [2.24, 2.45) is 0 Å². The van der Waals surface area contributed by atoms with E-state index in [4.69, 9.17) is 19.7 Å². The van der Waals surface area contributed by atoms with Crippen molar-refractivity contribution in [3.8, 4) is 23.0 Å². The van der Waals surface area contributed by atoms with Crippen LogP contribution in [0.5, 0.6) is 23.0 Å². The summed E-state index contributed by atoms with van der Waals surface area (Å²) in [6.45, 7) is 0. The van der Waals surface area contributed by atoms with Gasteiger partial charge in [0.25, 0.3) is 20.2 Å². The molecule has 34 heavy (non-hydrogen) atoms. The molecule has 0 aliphatic heterocycles. The summed E-state index contributed by atoms with van der Waals surface area (Å²) >= 11 is 0. The highest BCUT2D eigenvalue weighted by molar-refractivity contribution is 7.86. The lowest BCUT2D eigenvalue weighted by molar-refractivity contribution is 0.0686. The second-order valence-electron chi connectivity index (χ2n) is 6.56. The highest BCUT2D eigenvalue weighted by atomic mass is 32.2. The molecule has 0 spiro atoms. The molecule has 4 N–H and O–H groups in total. The Balaban J connectivity index is 2.13. The first-order chi connectivity index (χ1) is 15.8. The smallest absolute Gasteiger partial charge is 0.335 e. The number of carboxylic acids is 2. The van der Waals surface area contributed by atoms with Crippen LogP contribution >= 0.6 is 0 Å². The van der Waals surface area contributed by atoms with Crippen LogP contribution in [0.2, 0.25) is 0 Å². The molecule has 178 valence electrons. The van der Waals surface area contributed by atoms with E-state index >= 15 is 0 Å². The van der Waals surface area contributed by atoms with Gasteiger partial charge in [-0.25, -0.2) is 9.59 Å². The van der Waals surface area contributed by atoms with Crippen LogP contribution in [0.25, 0.3) is 0 Å². The predicted octanol–water partition coefficient (Wildman–Crippen LogP) is 3.16. The third-order valence-corrected chi connectivity index (χ3v) is 5.97. The molecule has 0 aliphatic carbocycles. The fourth-order valence-corrected chi connectivity index (χ4v) is 3.99. The van der Waals surface area contributed by atoms with Crippen LogP contribution in [0, 0.1) is 0 Å². The molecule has 0 atom stereocenters. The number of hydrogen-bond acceptors (Lipinski definition) is 8. The van der Waals surface area contributed by atoms with E-state index in [1.807, 2.05) is 0 Å². The molecule has 0 unspecified atom stereocenters. The highest BCUT2D eigenvalue weighted by Crippen LogP contribution is 2.39. The van der Waals surface area contributed by atoms with Crippen LogP contribution in [0.3, 0.4) is 0 Å². The molecule has 0 heterocycles. The standard InChI is InChI=1S/C20H14O12S2/c21-19(22)11-1-5-13(6-2-11)31-15-9-16(32-14-7-3-12(4-8-14)20(23)24)18(34(28,29)30)10-17(15)33(25,26)27/h1-10H,(H,21,22)(H,23,24)(H,25,26,27)(H,28,29,30). The minimum absolute atomic E-state index is 0.0775. The van der Waals surface area contributed by atoms with E-state index in [1.165, 1.54) is 24.3 Å². The lowest BCUT2D eigenvalue weighted by Crippen LogP contribution is -2.07. The zero-order valence-electron chi connectivity index (χ0n) is 16.6. The van der Waals surface area contributed by atoms with E-state index in [2.05, 4.69) is 0 Å². The number of carbonyl (C=O) groups is 2. The topological polar surface area (TPSA) is 202 Å². The van der Waals surface area contributed by atoms with Crippen molar-refractivity contribution < 1.29 is 55.2 Å². The molecule has 3 aromatic rings. The maximum atomic E-state index is 11.9. The number of rotatable bonds is 8. The molecule has 0 saturated heterocycles. The van der Waals surface area contributed by atoms with E-state index in [9.17, 15) is 35.5 Å². The average molecular weight is 510 g/mol. The number of hydrogen-bond donors (Lipinski definition) is 4. The zero-order chi connectivity index (χ0) is 25.3. The van der Waals surface area contributed by atoms with E-state index in [-0.39, 0.29) is 22.6 Å². The highest BCUT2D eigenvalue weighted by Gasteiger charge is 2.27. The minimum atomic E-state index is -5.08. The molecule has 0 saturated carbocycles. The molecule has 14 heteroatoms. The van der Waals surface area contributed by atoms with Crippen molar-refractivity contribution in [2.75, 3.05) is 0 Å². The molecule has 3 aromatic carbocycles. The maximum Gasteiger partial charge on any atom is 0.335 e. The van der Waals surface area contributed by atoms with E-state index in [1.54, 1.807) is 0 Å². The Morgan fingerprint density at radius 1 is 0.588 bits per heavy atom. The largest absolute Gasteiger partial charge is 0.478 e. The van der Waals surface area contributed by atoms with E-state index in [0.29, 0.717) is 6.07 Å². The van der Waals surface area contributed by atoms with Gasteiger partial charge < -0.3 is 19.7 Å². The van der Waals surface area contributed by atoms with Crippen LogP contribution in [0.1, 0.15) is 20.7 Å². The van der Waals surface area contributed by atoms with Gasteiger partial charge in [0.2, 0.25) is 0 Å². The van der Waals surface area contributed by atoms with Crippen molar-refractivity contribution in [1.29, 1.82) is 0 Å². The predicted molar refractivity (Wildman–Crippen MR) is 113 cm³/mol. The third-order valence-electron chi connectivity index (χ3n) is 4.22. The molecular weight excluding hydrogens is 496 g/mol. The van der Waals surface area contributed by atoms with Gasteiger partial charge in [-0.1, -0.05) is 0 Å². The van der Waals surface area contributed by atoms with Crippen molar-refractivity contribution in [2.45, 2.75) is 9.79 Å². The van der Waals surface area contributed by atoms with Crippen LogP contribution < -0.4 is 9.47 Å². The average Bonchev–Trinajstić information content (AvgIpc) is 2.73. The molecule has 0 aliphatic rings. The van der Waals surface area contributed by atoms with Gasteiger partial charge in [0, 0.05) is 6.07 Å². The van der Waals surface area contributed by atoms with Gasteiger partial charge in [-0.3, -0.25) is 9.11 Å². The molecule has 0 aromatic heterocycles. The summed E-state index contributed by atoms with van der Waals surface area (Å²) < 4.78 is 77.4. The van der Waals surface area contributed by atoms with Gasteiger partial charge in [0.1, 0.15) is 21.3 Å². The second-order valence-corrected chi connectivity index (χ2v) is 9.34. The fourth-order valence-electron chi connectivity index (χ4n) is 2.67. The summed E-state index contributed by atoms with van der Waals surface area (Å²) in [6.07, 6.45) is 0. The Morgan fingerprint density at radius 2 is 0.912 bits per heavy atom. The zero-order valence-corrected chi connectivity index (χ0v) is 18.3. The number of ether oxygens (including phenoxy) is 2. The van der Waals surface area contributed by atoms with Gasteiger partial charge in [0.15, 0.2) is 11.5 Å². The minimum Gasteiger partial charge on any atom is -0.478 e. The molecular formula is C20H14O12S2. The van der Waals surface area contributed by atoms with E-state index in [0.717, 1.165) is 30.3 Å². The van der Waals surface area contributed by atoms with Crippen molar-refractivity contribution in [3.63, 3.8) is 0 Å². The van der Waals surface area contributed by atoms with Gasteiger partial charge in [-0.15, -0.1) is 0 Å². The van der Waals surface area contributed by atoms with Crippen molar-refractivity contribution in [1.82, 2.24) is 0 Å². The summed E-state index contributed by atoms with van der Waals surface area (Å²) in [6, 6.07) is 10.5. The quantitative estimate of drug-likeness (QED) is 0.323. The lowest BCUT2D eigenvalue weighted by atomic mass is 10.2. The molecule has 12 nitrogen and oxygen atoms in total. The van der Waals surface area contributed by atoms with Crippen molar-refractivity contribution in [3.05, 3.63) is 71.8 Å². The number of carboxylic acid groups (broad SMARTS) is 2. The van der Waals surface area contributed by atoms with Gasteiger partial charge in [-0.2, -0.15) is 16.8 Å². The first kappa shape index (κ1) is 24.7. The molecule has 3 rings (SSSR count). The summed E-state index contributed by atoms with van der Waals surface area (Å²) in [5.41, 5.74) is -0.198. The Hall–Kier alpha value is -3.98. The first-order valence-corrected chi connectivity index (χ1v) is 11.8. The summed E-state index contributed by atoms with van der Waals surface area (Å²) in [5, 5.41) is 17.9. The Morgan fingerprint density at radius 3 is 1.18 bits per heavy atom. The van der Waals surface area contributed by atoms with Crippen LogP contribution in [0.4, 0.5) is 0 Å². The Labute approximate surface area is 192 Å². The monoisotopic (exact) mass is 510 g/mol. The van der Waals surface area contributed by atoms with Crippen LogP contribution in [-0.2, 0) is 20.2 Å². The fraction of sp³-hybridized carbons (Fsp3) is 0. The lowest BCUT2D eigenvalue weighted by Gasteiger charge is -2.15. The van der Waals surface area contributed by atoms with Gasteiger partial charge in [0.05, 0.1) is 11.1 Å². The summed E-state index contributed by atoms with van der Waals surface area (Å²) in [4.78, 5) is 19.9. The molecule has 0 amide bonds. The first-order valence-electron chi connectivity index (χ1n) is 8.91. The normalized spacial score (nSPS) is 11.6. The van der Waals surface area contributed by atoms with Crippen LogP contribution in [-0.4, -0.2) is 48.1 Å². The number of aromatic carboxylic acids is 2.